The Kier molecular flexibility index (Phi) is 8.39. The molecule has 1 aliphatic heterocycles. The van der Waals surface area contributed by atoms with Crippen molar-refractivity contribution >= 4 is 5.97 Å². The highest BCUT2D eigenvalue weighted by molar-refractivity contribution is 5.74. The highest BCUT2D eigenvalue weighted by atomic mass is 19.1. The Labute approximate surface area is 243 Å². The van der Waals surface area contributed by atoms with Crippen molar-refractivity contribution in [2.45, 2.75) is 32.3 Å². The first-order chi connectivity index (χ1) is 20.3. The number of rotatable bonds is 9. The number of nitrogens with zero attached hydrogens (tertiary/aromatic N) is 1. The Morgan fingerprint density at radius 3 is 2.45 bits per heavy atom. The first-order valence-corrected chi connectivity index (χ1v) is 13.4. The number of fused-ring (bicyclic) bond motifs is 1. The molecule has 1 unspecified atom stereocenters. The zero-order valence-electron chi connectivity index (χ0n) is 23.2. The lowest BCUT2D eigenvalue weighted by molar-refractivity contribution is -0.136. The summed E-state index contributed by atoms with van der Waals surface area (Å²) in [6.45, 7) is 3.97. The number of halogens is 1. The summed E-state index contributed by atoms with van der Waals surface area (Å²) in [6.07, 6.45) is 0. The molecular formula is C34H29FN2O5. The van der Waals surface area contributed by atoms with Gasteiger partial charge in [-0.25, -0.2) is 9.18 Å². The van der Waals surface area contributed by atoms with Gasteiger partial charge in [-0.3, -0.25) is 0 Å². The molecule has 42 heavy (non-hydrogen) atoms. The SMILES string of the molecule is CC(C)c1ccc(OCC(=O)Oc2ccc3c(c2)OC(N)=C(C#N)C3c2cccc(OCc3ccccc3F)c2)cc1. The number of carbonyl (C=O) groups is 1. The van der Waals surface area contributed by atoms with E-state index in [1.807, 2.05) is 30.3 Å². The van der Waals surface area contributed by atoms with Crippen LogP contribution < -0.4 is 24.7 Å². The van der Waals surface area contributed by atoms with Gasteiger partial charge in [0.1, 0.15) is 47.1 Å². The molecule has 0 saturated carbocycles. The van der Waals surface area contributed by atoms with Crippen LogP contribution in [0, 0.1) is 17.1 Å². The lowest BCUT2D eigenvalue weighted by Gasteiger charge is -2.27. The van der Waals surface area contributed by atoms with Crippen molar-refractivity contribution in [2.75, 3.05) is 6.61 Å². The molecule has 0 radical (unpaired) electrons. The van der Waals surface area contributed by atoms with Crippen molar-refractivity contribution in [2.24, 2.45) is 5.73 Å². The second kappa shape index (κ2) is 12.5. The molecule has 0 amide bonds. The fraction of sp³-hybridized carbons (Fsp3) is 0.176. The molecule has 1 aliphatic rings. The first kappa shape index (κ1) is 28.2. The number of hydrogen-bond donors (Lipinski definition) is 1. The van der Waals surface area contributed by atoms with Gasteiger partial charge in [0.05, 0.1) is 5.92 Å². The van der Waals surface area contributed by atoms with Crippen LogP contribution in [0.5, 0.6) is 23.0 Å². The summed E-state index contributed by atoms with van der Waals surface area (Å²) in [5, 5.41) is 9.92. The zero-order chi connectivity index (χ0) is 29.6. The maximum absolute atomic E-state index is 14.0. The van der Waals surface area contributed by atoms with Gasteiger partial charge < -0.3 is 24.7 Å². The van der Waals surface area contributed by atoms with E-state index in [1.54, 1.807) is 54.6 Å². The van der Waals surface area contributed by atoms with Crippen molar-refractivity contribution in [3.8, 4) is 29.1 Å². The van der Waals surface area contributed by atoms with Crippen LogP contribution >= 0.6 is 0 Å². The van der Waals surface area contributed by atoms with Gasteiger partial charge in [-0.2, -0.15) is 5.26 Å². The van der Waals surface area contributed by atoms with Crippen molar-refractivity contribution in [1.82, 2.24) is 0 Å². The topological polar surface area (TPSA) is 104 Å². The molecule has 0 spiro atoms. The molecule has 7 nitrogen and oxygen atoms in total. The van der Waals surface area contributed by atoms with Crippen molar-refractivity contribution in [1.29, 1.82) is 5.26 Å². The highest BCUT2D eigenvalue weighted by Gasteiger charge is 2.31. The van der Waals surface area contributed by atoms with E-state index < -0.39 is 11.9 Å². The molecule has 8 heteroatoms. The lowest BCUT2D eigenvalue weighted by Crippen LogP contribution is -2.21. The number of carbonyl (C=O) groups excluding carboxylic acids is 1. The third-order valence-electron chi connectivity index (χ3n) is 6.87. The summed E-state index contributed by atoms with van der Waals surface area (Å²) >= 11 is 0. The first-order valence-electron chi connectivity index (χ1n) is 13.4. The van der Waals surface area contributed by atoms with Crippen molar-refractivity contribution in [3.05, 3.63) is 131 Å². The molecule has 0 aliphatic carbocycles. The molecule has 0 fully saturated rings. The maximum atomic E-state index is 14.0. The van der Waals surface area contributed by atoms with E-state index in [9.17, 15) is 14.4 Å². The van der Waals surface area contributed by atoms with Gasteiger partial charge >= 0.3 is 5.97 Å². The quantitative estimate of drug-likeness (QED) is 0.178. The predicted octanol–water partition coefficient (Wildman–Crippen LogP) is 6.73. The van der Waals surface area contributed by atoms with Gasteiger partial charge in [-0.15, -0.1) is 0 Å². The summed E-state index contributed by atoms with van der Waals surface area (Å²) in [5.74, 6) is 0.511. The van der Waals surface area contributed by atoms with E-state index in [1.165, 1.54) is 11.6 Å². The molecular weight excluding hydrogens is 535 g/mol. The fourth-order valence-electron chi connectivity index (χ4n) is 4.65. The van der Waals surface area contributed by atoms with Crippen LogP contribution in [0.2, 0.25) is 0 Å². The van der Waals surface area contributed by atoms with Crippen LogP contribution in [0.4, 0.5) is 4.39 Å². The van der Waals surface area contributed by atoms with Gasteiger partial charge in [0.25, 0.3) is 0 Å². The molecule has 0 bridgehead atoms. The summed E-state index contributed by atoms with van der Waals surface area (Å²) in [5.41, 5.74) is 9.37. The van der Waals surface area contributed by atoms with Gasteiger partial charge in [0.15, 0.2) is 6.61 Å². The molecule has 4 aromatic carbocycles. The van der Waals surface area contributed by atoms with E-state index in [0.717, 1.165) is 5.56 Å². The Bertz CT molecular complexity index is 1670. The number of esters is 1. The van der Waals surface area contributed by atoms with E-state index in [0.29, 0.717) is 34.3 Å². The van der Waals surface area contributed by atoms with E-state index in [2.05, 4.69) is 19.9 Å². The van der Waals surface area contributed by atoms with Crippen LogP contribution in [-0.2, 0) is 11.4 Å². The van der Waals surface area contributed by atoms with E-state index in [4.69, 9.17) is 24.7 Å². The zero-order valence-corrected chi connectivity index (χ0v) is 23.2. The van der Waals surface area contributed by atoms with E-state index >= 15 is 0 Å². The number of ether oxygens (including phenoxy) is 4. The molecule has 0 saturated heterocycles. The Hall–Kier alpha value is -5.29. The lowest BCUT2D eigenvalue weighted by atomic mass is 9.83. The Morgan fingerprint density at radius 1 is 0.952 bits per heavy atom. The summed E-state index contributed by atoms with van der Waals surface area (Å²) in [6, 6.07) is 28.2. The second-order valence-electron chi connectivity index (χ2n) is 10.1. The largest absolute Gasteiger partial charge is 0.489 e. The minimum Gasteiger partial charge on any atom is -0.489 e. The number of allylic oxidation sites excluding steroid dienone is 1. The van der Waals surface area contributed by atoms with Gasteiger partial charge in [-0.1, -0.05) is 62.4 Å². The molecule has 2 N–H and O–H groups in total. The molecule has 212 valence electrons. The summed E-state index contributed by atoms with van der Waals surface area (Å²) in [4.78, 5) is 12.5. The smallest absolute Gasteiger partial charge is 0.349 e. The van der Waals surface area contributed by atoms with Gasteiger partial charge in [-0.05, 0) is 53.4 Å². The van der Waals surface area contributed by atoms with Crippen molar-refractivity contribution in [3.63, 3.8) is 0 Å². The second-order valence-corrected chi connectivity index (χ2v) is 10.1. The number of hydrogen-bond acceptors (Lipinski definition) is 7. The highest BCUT2D eigenvalue weighted by Crippen LogP contribution is 2.44. The van der Waals surface area contributed by atoms with Crippen LogP contribution in [0.25, 0.3) is 0 Å². The van der Waals surface area contributed by atoms with Crippen LogP contribution in [0.1, 0.15) is 47.9 Å². The minimum atomic E-state index is -0.587. The Morgan fingerprint density at radius 2 is 1.71 bits per heavy atom. The normalized spacial score (nSPS) is 14.0. The molecule has 4 aromatic rings. The third kappa shape index (κ3) is 6.37. The van der Waals surface area contributed by atoms with Crippen LogP contribution in [0.15, 0.2) is 102 Å². The molecule has 1 heterocycles. The van der Waals surface area contributed by atoms with Gasteiger partial charge in [0, 0.05) is 17.2 Å². The average Bonchev–Trinajstić information content (AvgIpc) is 2.99. The fourth-order valence-corrected chi connectivity index (χ4v) is 4.65. The number of nitrogens with two attached hydrogens (primary N) is 1. The Balaban J connectivity index is 1.31. The standard InChI is InChI=1S/C34H29FN2O5/c1-21(2)22-10-12-25(13-11-22)40-20-32(38)41-27-14-15-28-31(17-27)42-34(37)29(18-36)33(28)23-7-5-8-26(16-23)39-19-24-6-3-4-9-30(24)35/h3-17,21,33H,19-20,37H2,1-2H3. The average molecular weight is 565 g/mol. The molecule has 0 aromatic heterocycles. The summed E-state index contributed by atoms with van der Waals surface area (Å²) in [7, 11) is 0. The van der Waals surface area contributed by atoms with Crippen LogP contribution in [-0.4, -0.2) is 12.6 Å². The minimum absolute atomic E-state index is 0.0469. The predicted molar refractivity (Wildman–Crippen MR) is 155 cm³/mol. The van der Waals surface area contributed by atoms with E-state index in [-0.39, 0.29) is 36.2 Å². The maximum Gasteiger partial charge on any atom is 0.349 e. The molecule has 5 rings (SSSR count). The van der Waals surface area contributed by atoms with Crippen molar-refractivity contribution < 1.29 is 28.1 Å². The van der Waals surface area contributed by atoms with Gasteiger partial charge in [0.2, 0.25) is 5.88 Å². The number of benzene rings is 4. The number of nitriles is 1. The molecule has 1 atom stereocenters. The third-order valence-corrected chi connectivity index (χ3v) is 6.87. The monoisotopic (exact) mass is 564 g/mol. The van der Waals surface area contributed by atoms with Crippen LogP contribution in [0.3, 0.4) is 0 Å². The summed E-state index contributed by atoms with van der Waals surface area (Å²) < 4.78 is 36.7.